The number of ketones is 1. The molecule has 0 amide bonds. The van der Waals surface area contributed by atoms with E-state index in [1.54, 1.807) is 13.0 Å². The zero-order chi connectivity index (χ0) is 65.5. The van der Waals surface area contributed by atoms with Crippen LogP contribution in [0.5, 0.6) is 11.5 Å². The average Bonchev–Trinajstić information content (AvgIpc) is 0.819. The van der Waals surface area contributed by atoms with E-state index >= 15 is 14.7 Å². The highest BCUT2D eigenvalue weighted by Crippen LogP contribution is 2.67. The number of aliphatic hydroxyl groups is 5. The predicted octanol–water partition coefficient (Wildman–Crippen LogP) is 11.8. The monoisotopic (exact) mass is 1290 g/mol. The normalized spacial score (nSPS) is 39.3. The summed E-state index contributed by atoms with van der Waals surface area (Å²) in [5, 5.41) is 85.9. The summed E-state index contributed by atoms with van der Waals surface area (Å²) in [5.74, 6) is 11.7. The van der Waals surface area contributed by atoms with Crippen molar-refractivity contribution in [2.45, 2.75) is 252 Å². The third-order valence-corrected chi connectivity index (χ3v) is 26.8. The van der Waals surface area contributed by atoms with Crippen molar-refractivity contribution in [3.8, 4) is 35.2 Å². The van der Waals surface area contributed by atoms with Gasteiger partial charge in [0.15, 0.2) is 0 Å². The molecule has 508 valence electrons. The van der Waals surface area contributed by atoms with Crippen molar-refractivity contribution in [3.05, 3.63) is 99.1 Å². The quantitative estimate of drug-likeness (QED) is 0.0691. The number of aromatic hydroxyl groups is 1. The first kappa shape index (κ1) is 65.4. The number of Topliss-reactive ketones (excluding diaryl/α,β-unsaturated/α-hetero) is 1. The second kappa shape index (κ2) is 26.3. The second-order valence-corrected chi connectivity index (χ2v) is 32.4. The van der Waals surface area contributed by atoms with Crippen LogP contribution in [0.15, 0.2) is 60.2 Å². The van der Waals surface area contributed by atoms with E-state index in [0.717, 1.165) is 140 Å². The lowest BCUT2D eigenvalue weighted by Gasteiger charge is -2.66. The Hall–Kier alpha value is -5.55. The van der Waals surface area contributed by atoms with Gasteiger partial charge in [0.05, 0.1) is 42.7 Å². The Morgan fingerprint density at radius 3 is 2.32 bits per heavy atom. The van der Waals surface area contributed by atoms with Gasteiger partial charge in [-0.2, -0.15) is 0 Å². The van der Waals surface area contributed by atoms with Crippen molar-refractivity contribution in [3.63, 3.8) is 0 Å². The lowest BCUT2D eigenvalue weighted by atomic mass is 9.40. The number of hydrogen-bond acceptors (Lipinski definition) is 14. The summed E-state index contributed by atoms with van der Waals surface area (Å²) in [6.07, 6.45) is 16.7. The minimum atomic E-state index is -1.66. The van der Waals surface area contributed by atoms with Gasteiger partial charge in [-0.1, -0.05) is 105 Å². The van der Waals surface area contributed by atoms with Crippen LogP contribution in [0.1, 0.15) is 237 Å². The predicted molar refractivity (Wildman–Crippen MR) is 361 cm³/mol. The second-order valence-electron chi connectivity index (χ2n) is 32.4. The topological polar surface area (TPSA) is 224 Å². The van der Waals surface area contributed by atoms with Crippen molar-refractivity contribution >= 4 is 23.4 Å². The van der Waals surface area contributed by atoms with E-state index < -0.39 is 76.1 Å². The number of esters is 2. The van der Waals surface area contributed by atoms with E-state index in [1.807, 2.05) is 31.3 Å². The lowest BCUT2D eigenvalue weighted by Crippen LogP contribution is -2.71. The fourth-order valence-electron chi connectivity index (χ4n) is 21.9. The number of aliphatic hydroxyl groups excluding tert-OH is 3. The first-order chi connectivity index (χ1) is 45.9. The molecule has 5 aliphatic heterocycles. The summed E-state index contributed by atoms with van der Waals surface area (Å²) in [7, 11) is 1.96. The molecule has 16 rings (SSSR count). The SMILES string of the molecule is CNC[C@@H]1CC[C@@]2(C#CC3CCC(CC3)OC[C@@H](O)[C@](C)(O)CNc3cc([C@@H]4C#C[C@H]5CC(=O)Oc6c5cc(c(O)c6C5CCCCC5)C[C@H]5OC(=O)C(=C[C@H](O)C6(CCCCC6)c6cccc(c6)C[C@@H]6C(=O)C[C@H]7CC[C@@H]8[C@@H]9CCCC[C@@H]9[C@]5(O)[C@H]7[C@@H]86)C4)cc(c3)[C@H]2O)C1. The number of benzene rings is 3. The molecule has 0 unspecified atom stereocenters. The van der Waals surface area contributed by atoms with E-state index in [9.17, 15) is 30.3 Å². The Labute approximate surface area is 561 Å². The van der Waals surface area contributed by atoms with Gasteiger partial charge < -0.3 is 55.5 Å². The van der Waals surface area contributed by atoms with E-state index in [0.29, 0.717) is 77.8 Å². The molecule has 0 radical (unpaired) electrons. The average molecular weight is 1300 g/mol. The molecule has 8 saturated carbocycles. The van der Waals surface area contributed by atoms with Gasteiger partial charge in [-0.3, -0.25) is 9.59 Å². The summed E-state index contributed by atoms with van der Waals surface area (Å²) in [6, 6.07) is 16.3. The molecule has 14 heteroatoms. The fraction of sp³-hybridized carbons (Fsp3) is 0.667. The van der Waals surface area contributed by atoms with Crippen LogP contribution in [0.2, 0.25) is 0 Å². The molecule has 17 atom stereocenters. The molecule has 14 nitrogen and oxygen atoms in total. The van der Waals surface area contributed by atoms with Crippen LogP contribution in [-0.4, -0.2) is 111 Å². The maximum Gasteiger partial charge on any atom is 0.334 e. The van der Waals surface area contributed by atoms with Gasteiger partial charge in [0.25, 0.3) is 0 Å². The lowest BCUT2D eigenvalue weighted by molar-refractivity contribution is -0.265. The smallest absolute Gasteiger partial charge is 0.334 e. The highest BCUT2D eigenvalue weighted by Gasteiger charge is 2.69. The molecule has 3 aromatic carbocycles. The molecule has 2 spiro atoms. The molecule has 5 heterocycles. The number of carbonyl (C=O) groups is 3. The van der Waals surface area contributed by atoms with Crippen molar-refractivity contribution < 1.29 is 59.2 Å². The molecule has 8 aliphatic carbocycles. The fourth-order valence-corrected chi connectivity index (χ4v) is 21.9. The van der Waals surface area contributed by atoms with Crippen molar-refractivity contribution in [1.29, 1.82) is 0 Å². The number of phenolic OH excluding ortho intramolecular Hbond substituents is 1. The van der Waals surface area contributed by atoms with Crippen LogP contribution in [0.4, 0.5) is 5.69 Å². The van der Waals surface area contributed by atoms with Crippen LogP contribution in [0, 0.1) is 82.4 Å². The molecule has 8 N–H and O–H groups in total. The first-order valence-electron chi connectivity index (χ1n) is 37.2. The van der Waals surface area contributed by atoms with Crippen LogP contribution in [0.25, 0.3) is 0 Å². The first-order valence-corrected chi connectivity index (χ1v) is 37.2. The number of nitrogens with one attached hydrogen (secondary N) is 2. The van der Waals surface area contributed by atoms with E-state index in [1.165, 1.54) is 0 Å². The van der Waals surface area contributed by atoms with Gasteiger partial charge >= 0.3 is 11.9 Å². The molecule has 95 heavy (non-hydrogen) atoms. The summed E-state index contributed by atoms with van der Waals surface area (Å²) in [6.45, 7) is 2.22. The number of phenols is 1. The minimum absolute atomic E-state index is 0.00703. The Morgan fingerprint density at radius 2 is 1.51 bits per heavy atom. The molecular formula is C81H102N2O12. The molecule has 13 aliphatic rings. The van der Waals surface area contributed by atoms with Crippen LogP contribution >= 0.6 is 0 Å². The van der Waals surface area contributed by atoms with Crippen molar-refractivity contribution in [2.75, 3.05) is 32.1 Å². The van der Waals surface area contributed by atoms with E-state index in [2.05, 4.69) is 58.6 Å². The standard InChI is InChI=1S/C81H102N2O12/c1-78(91)46-83-59-36-54(35-56(37-59)76(89)79(31-27-49(43-79)44-82-2)30-26-47-18-23-60(24-19-47)93-45-68(78)86)51-20-21-52-42-70(87)95-75-63(52)38-55(74(88)71(75)50-13-5-3-6-14-50)41-69-81(92)65-17-8-7-16-61(65)62-25-22-53-39-66(84)64(72(62)73(53)81)33-48-12-11-15-58(32-48)80(28-9-4-10-29-80)67(85)40-57(34-51)77(90)94-69/h11-12,15,32,35-38,40,47,49-53,60-62,64-65,67-69,72-73,76,82-83,85-86,88-89,91-92H,3-10,13-14,16-19,22-25,27-29,31,33-34,39,41-46H2,1-2H3/t47?,49-,51-,52+,53-,60?,61+,62-,64-,65+,67+,68-,69-,72+,73-,76-,78-,79+,81-/m1/s1. The molecular weight excluding hydrogens is 1190 g/mol. The highest BCUT2D eigenvalue weighted by atomic mass is 16.6. The van der Waals surface area contributed by atoms with Crippen LogP contribution < -0.4 is 15.4 Å². The highest BCUT2D eigenvalue weighted by molar-refractivity contribution is 5.89. The third kappa shape index (κ3) is 12.0. The van der Waals surface area contributed by atoms with Crippen molar-refractivity contribution in [2.24, 2.45) is 58.7 Å². The number of hydrogen-bond donors (Lipinski definition) is 8. The molecule has 0 aromatic heterocycles. The molecule has 8 fully saturated rings. The zero-order valence-corrected chi connectivity index (χ0v) is 56.1. The van der Waals surface area contributed by atoms with Gasteiger partial charge in [0.2, 0.25) is 0 Å². The molecule has 16 bridgehead atoms. The zero-order valence-electron chi connectivity index (χ0n) is 56.1. The van der Waals surface area contributed by atoms with Crippen LogP contribution in [0.3, 0.4) is 0 Å². The number of carbonyl (C=O) groups excluding carboxylic acids is 3. The number of rotatable bonds is 4. The Morgan fingerprint density at radius 1 is 0.737 bits per heavy atom. The van der Waals surface area contributed by atoms with Gasteiger partial charge in [0.1, 0.15) is 40.7 Å². The van der Waals surface area contributed by atoms with E-state index in [-0.39, 0.29) is 109 Å². The summed E-state index contributed by atoms with van der Waals surface area (Å²) >= 11 is 0. The minimum Gasteiger partial charge on any atom is -0.507 e. The maximum absolute atomic E-state index is 16.8. The Balaban J connectivity index is 0.959. The number of ether oxygens (including phenoxy) is 3. The van der Waals surface area contributed by atoms with Crippen LogP contribution in [-0.2, 0) is 42.1 Å². The molecule has 0 saturated heterocycles. The summed E-state index contributed by atoms with van der Waals surface area (Å²) in [4.78, 5) is 46.3. The largest absolute Gasteiger partial charge is 0.507 e. The third-order valence-electron chi connectivity index (χ3n) is 26.8. The maximum atomic E-state index is 16.8. The van der Waals surface area contributed by atoms with Crippen molar-refractivity contribution in [1.82, 2.24) is 5.32 Å². The summed E-state index contributed by atoms with van der Waals surface area (Å²) < 4.78 is 20.1. The van der Waals surface area contributed by atoms with Gasteiger partial charge in [-0.25, -0.2) is 4.79 Å². The number of fused-ring (bicyclic) bond motifs is 18. The number of anilines is 1. The molecule has 3 aromatic rings. The van der Waals surface area contributed by atoms with Gasteiger partial charge in [0, 0.05) is 64.9 Å². The summed E-state index contributed by atoms with van der Waals surface area (Å²) in [5.41, 5.74) is 0.690. The van der Waals surface area contributed by atoms with E-state index in [4.69, 9.17) is 14.2 Å². The van der Waals surface area contributed by atoms with Gasteiger partial charge in [-0.15, -0.1) is 0 Å². The van der Waals surface area contributed by atoms with Gasteiger partial charge in [-0.05, 0) is 229 Å². The Kier molecular flexibility index (Phi) is 18.1. The Bertz CT molecular complexity index is 3590.